The monoisotopic (exact) mass is 362 g/mol. The van der Waals surface area contributed by atoms with Crippen LogP contribution in [0.5, 0.6) is 0 Å². The summed E-state index contributed by atoms with van der Waals surface area (Å²) < 4.78 is 0.940. The van der Waals surface area contributed by atoms with Gasteiger partial charge in [-0.1, -0.05) is 49.7 Å². The summed E-state index contributed by atoms with van der Waals surface area (Å²) in [5.74, 6) is 0.489. The fourth-order valence-electron chi connectivity index (χ4n) is 4.30. The lowest BCUT2D eigenvalue weighted by atomic mass is 9.58. The number of aliphatic hydroxyl groups is 1. The first kappa shape index (κ1) is 15.8. The summed E-state index contributed by atoms with van der Waals surface area (Å²) in [4.78, 5) is 13.3. The standard InChI is InChI=1S/C19H23BrO2/c1-5-11-6-7-12(20)10-13(11)15-16(21)14-8-9-19(4,17(15)22)18(14,2)3/h6-7,10,14,21H,5,8-9H2,1-4H3. The highest BCUT2D eigenvalue weighted by molar-refractivity contribution is 9.10. The van der Waals surface area contributed by atoms with E-state index in [0.29, 0.717) is 11.3 Å². The maximum Gasteiger partial charge on any atom is 0.173 e. The van der Waals surface area contributed by atoms with Crippen LogP contribution < -0.4 is 0 Å². The third-order valence-electron chi connectivity index (χ3n) is 6.26. The number of ketones is 1. The van der Waals surface area contributed by atoms with Crippen molar-refractivity contribution in [2.45, 2.75) is 47.0 Å². The molecule has 118 valence electrons. The SMILES string of the molecule is CCc1ccc(Br)cc1C1=C(O)C2CCC(C)(C1=O)C2(C)C. The van der Waals surface area contributed by atoms with E-state index in [1.807, 2.05) is 18.2 Å². The number of Topliss-reactive ketones (excluding diaryl/α,β-unsaturated/α-hetero) is 1. The molecule has 3 heteroatoms. The average Bonchev–Trinajstić information content (AvgIpc) is 2.64. The van der Waals surface area contributed by atoms with E-state index in [1.165, 1.54) is 0 Å². The van der Waals surface area contributed by atoms with Gasteiger partial charge in [-0.3, -0.25) is 4.79 Å². The van der Waals surface area contributed by atoms with E-state index >= 15 is 0 Å². The molecule has 2 bridgehead atoms. The van der Waals surface area contributed by atoms with Crippen LogP contribution in [-0.2, 0) is 11.2 Å². The Hall–Kier alpha value is -1.09. The number of carbonyl (C=O) groups excluding carboxylic acids is 1. The zero-order chi connectivity index (χ0) is 16.3. The van der Waals surface area contributed by atoms with E-state index in [2.05, 4.69) is 43.6 Å². The lowest BCUT2D eigenvalue weighted by Gasteiger charge is -2.45. The van der Waals surface area contributed by atoms with Crippen molar-refractivity contribution in [3.05, 3.63) is 39.6 Å². The van der Waals surface area contributed by atoms with Crippen molar-refractivity contribution in [1.29, 1.82) is 0 Å². The van der Waals surface area contributed by atoms with E-state index in [1.54, 1.807) is 0 Å². The first-order chi connectivity index (χ1) is 10.2. The zero-order valence-electron chi connectivity index (χ0n) is 13.7. The summed E-state index contributed by atoms with van der Waals surface area (Å²) in [7, 11) is 0. The fourth-order valence-corrected chi connectivity index (χ4v) is 4.66. The summed E-state index contributed by atoms with van der Waals surface area (Å²) in [5.41, 5.74) is 2.00. The van der Waals surface area contributed by atoms with Gasteiger partial charge in [-0.25, -0.2) is 0 Å². The molecule has 1 aromatic carbocycles. The second kappa shape index (κ2) is 4.95. The van der Waals surface area contributed by atoms with Crippen LogP contribution >= 0.6 is 15.9 Å². The van der Waals surface area contributed by atoms with Gasteiger partial charge in [0.05, 0.1) is 5.57 Å². The van der Waals surface area contributed by atoms with Gasteiger partial charge in [0.25, 0.3) is 0 Å². The quantitative estimate of drug-likeness (QED) is 0.774. The number of fused-ring (bicyclic) bond motifs is 2. The molecule has 0 saturated heterocycles. The molecule has 1 saturated carbocycles. The Kier molecular flexibility index (Phi) is 3.56. The molecule has 1 N–H and O–H groups in total. The molecule has 2 unspecified atom stereocenters. The highest BCUT2D eigenvalue weighted by Crippen LogP contribution is 2.63. The average molecular weight is 363 g/mol. The minimum absolute atomic E-state index is 0.0777. The van der Waals surface area contributed by atoms with Gasteiger partial charge in [-0.05, 0) is 47.9 Å². The molecule has 0 aromatic heterocycles. The van der Waals surface area contributed by atoms with Gasteiger partial charge in [0.2, 0.25) is 0 Å². The van der Waals surface area contributed by atoms with Crippen LogP contribution in [0.25, 0.3) is 5.57 Å². The molecule has 0 heterocycles. The van der Waals surface area contributed by atoms with Crippen molar-refractivity contribution in [1.82, 2.24) is 0 Å². The number of carbonyl (C=O) groups is 1. The van der Waals surface area contributed by atoms with Gasteiger partial charge >= 0.3 is 0 Å². The third-order valence-corrected chi connectivity index (χ3v) is 6.76. The highest BCUT2D eigenvalue weighted by Gasteiger charge is 2.61. The molecule has 0 amide bonds. The summed E-state index contributed by atoms with van der Waals surface area (Å²) in [6.07, 6.45) is 2.59. The smallest absolute Gasteiger partial charge is 0.173 e. The number of halogens is 1. The van der Waals surface area contributed by atoms with Crippen LogP contribution in [-0.4, -0.2) is 10.9 Å². The van der Waals surface area contributed by atoms with Gasteiger partial charge in [-0.2, -0.15) is 0 Å². The van der Waals surface area contributed by atoms with Gasteiger partial charge in [-0.15, -0.1) is 0 Å². The van der Waals surface area contributed by atoms with Crippen molar-refractivity contribution < 1.29 is 9.90 Å². The number of benzene rings is 1. The number of hydrogen-bond donors (Lipinski definition) is 1. The minimum Gasteiger partial charge on any atom is -0.511 e. The lowest BCUT2D eigenvalue weighted by Crippen LogP contribution is -2.45. The Morgan fingerprint density at radius 3 is 2.64 bits per heavy atom. The van der Waals surface area contributed by atoms with Gasteiger partial charge < -0.3 is 5.11 Å². The summed E-state index contributed by atoms with van der Waals surface area (Å²) in [6.45, 7) is 8.40. The van der Waals surface area contributed by atoms with Crippen LogP contribution in [0.4, 0.5) is 0 Å². The predicted octanol–water partition coefficient (Wildman–Crippen LogP) is 5.31. The number of hydrogen-bond acceptors (Lipinski definition) is 2. The Balaban J connectivity index is 2.26. The summed E-state index contributed by atoms with van der Waals surface area (Å²) in [6, 6.07) is 6.01. The Morgan fingerprint density at radius 2 is 2.00 bits per heavy atom. The summed E-state index contributed by atoms with van der Waals surface area (Å²) in [5, 5.41) is 10.9. The molecule has 1 aromatic rings. The molecule has 2 aliphatic rings. The molecule has 2 atom stereocenters. The minimum atomic E-state index is -0.382. The molecular weight excluding hydrogens is 340 g/mol. The van der Waals surface area contributed by atoms with Gasteiger partial charge in [0.1, 0.15) is 5.76 Å². The highest BCUT2D eigenvalue weighted by atomic mass is 79.9. The third kappa shape index (κ3) is 1.87. The van der Waals surface area contributed by atoms with E-state index in [9.17, 15) is 9.90 Å². The molecular formula is C19H23BrO2. The second-order valence-corrected chi connectivity index (χ2v) is 8.31. The molecule has 1 fully saturated rings. The number of aryl methyl sites for hydroxylation is 1. The molecule has 22 heavy (non-hydrogen) atoms. The van der Waals surface area contributed by atoms with Crippen LogP contribution in [0.3, 0.4) is 0 Å². The van der Waals surface area contributed by atoms with Crippen LogP contribution in [0.15, 0.2) is 28.4 Å². The summed E-state index contributed by atoms with van der Waals surface area (Å²) >= 11 is 3.50. The Labute approximate surface area is 140 Å². The molecule has 2 aliphatic carbocycles. The first-order valence-corrected chi connectivity index (χ1v) is 8.80. The maximum atomic E-state index is 13.3. The molecule has 2 nitrogen and oxygen atoms in total. The van der Waals surface area contributed by atoms with Gasteiger partial charge in [0.15, 0.2) is 5.78 Å². The van der Waals surface area contributed by atoms with Crippen LogP contribution in [0, 0.1) is 16.7 Å². The first-order valence-electron chi connectivity index (χ1n) is 8.00. The van der Waals surface area contributed by atoms with E-state index < -0.39 is 0 Å². The predicted molar refractivity (Wildman–Crippen MR) is 92.7 cm³/mol. The van der Waals surface area contributed by atoms with Gasteiger partial charge in [0, 0.05) is 15.8 Å². The van der Waals surface area contributed by atoms with E-state index in [0.717, 1.165) is 34.9 Å². The van der Waals surface area contributed by atoms with Crippen molar-refractivity contribution in [2.24, 2.45) is 16.7 Å². The van der Waals surface area contributed by atoms with Crippen LogP contribution in [0.1, 0.15) is 51.7 Å². The lowest BCUT2D eigenvalue weighted by molar-refractivity contribution is -0.128. The van der Waals surface area contributed by atoms with Crippen LogP contribution in [0.2, 0.25) is 0 Å². The van der Waals surface area contributed by atoms with Crippen molar-refractivity contribution in [3.8, 4) is 0 Å². The van der Waals surface area contributed by atoms with E-state index in [-0.39, 0.29) is 22.5 Å². The molecule has 0 radical (unpaired) electrons. The number of allylic oxidation sites excluding steroid dienone is 2. The number of aliphatic hydroxyl groups excluding tert-OH is 1. The Bertz CT molecular complexity index is 687. The molecule has 0 spiro atoms. The largest absolute Gasteiger partial charge is 0.511 e. The normalized spacial score (nSPS) is 30.0. The maximum absolute atomic E-state index is 13.3. The molecule has 0 aliphatic heterocycles. The molecule has 3 rings (SSSR count). The number of rotatable bonds is 2. The second-order valence-electron chi connectivity index (χ2n) is 7.39. The van der Waals surface area contributed by atoms with Crippen molar-refractivity contribution in [3.63, 3.8) is 0 Å². The fraction of sp³-hybridized carbons (Fsp3) is 0.526. The van der Waals surface area contributed by atoms with Crippen molar-refractivity contribution >= 4 is 27.3 Å². The van der Waals surface area contributed by atoms with E-state index in [4.69, 9.17) is 0 Å². The topological polar surface area (TPSA) is 37.3 Å². The zero-order valence-corrected chi connectivity index (χ0v) is 15.3. The van der Waals surface area contributed by atoms with Crippen molar-refractivity contribution in [2.75, 3.05) is 0 Å². The Morgan fingerprint density at radius 1 is 1.32 bits per heavy atom.